The van der Waals surface area contributed by atoms with Crippen molar-refractivity contribution in [3.8, 4) is 5.75 Å². The van der Waals surface area contributed by atoms with Gasteiger partial charge in [-0.3, -0.25) is 9.69 Å². The lowest BCUT2D eigenvalue weighted by Gasteiger charge is -2.38. The van der Waals surface area contributed by atoms with E-state index in [1.807, 2.05) is 24.3 Å². The SMILES string of the molecule is COc1ccc(CN2Cc3c(Br)cc(C=O)cc3N(c3c(Cl)cccc3Cl)C2=O)cc1. The van der Waals surface area contributed by atoms with Crippen molar-refractivity contribution < 1.29 is 14.3 Å². The maximum absolute atomic E-state index is 13.6. The first-order valence-electron chi connectivity index (χ1n) is 9.36. The molecule has 0 radical (unpaired) electrons. The Balaban J connectivity index is 1.83. The first-order chi connectivity index (χ1) is 14.9. The van der Waals surface area contributed by atoms with Gasteiger partial charge in [-0.15, -0.1) is 0 Å². The summed E-state index contributed by atoms with van der Waals surface area (Å²) in [7, 11) is 1.61. The molecular weight excluding hydrogens is 503 g/mol. The van der Waals surface area contributed by atoms with Gasteiger partial charge in [-0.25, -0.2) is 4.79 Å². The van der Waals surface area contributed by atoms with Crippen molar-refractivity contribution in [1.29, 1.82) is 0 Å². The molecule has 3 aromatic carbocycles. The second-order valence-electron chi connectivity index (χ2n) is 7.01. The highest BCUT2D eigenvalue weighted by Gasteiger charge is 2.35. The molecule has 1 aliphatic rings. The fraction of sp³-hybridized carbons (Fsp3) is 0.130. The Morgan fingerprint density at radius 3 is 2.39 bits per heavy atom. The number of nitrogens with zero attached hydrogens (tertiary/aromatic N) is 2. The van der Waals surface area contributed by atoms with Gasteiger partial charge in [-0.1, -0.05) is 57.3 Å². The number of hydrogen-bond donors (Lipinski definition) is 0. The van der Waals surface area contributed by atoms with Crippen molar-refractivity contribution in [3.05, 3.63) is 85.8 Å². The number of fused-ring (bicyclic) bond motifs is 1. The van der Waals surface area contributed by atoms with E-state index in [-0.39, 0.29) is 6.03 Å². The zero-order chi connectivity index (χ0) is 22.1. The number of methoxy groups -OCH3 is 1. The number of hydrogen-bond acceptors (Lipinski definition) is 3. The fourth-order valence-corrected chi connectivity index (χ4v) is 4.72. The van der Waals surface area contributed by atoms with Crippen molar-refractivity contribution in [3.63, 3.8) is 0 Å². The molecule has 0 saturated carbocycles. The summed E-state index contributed by atoms with van der Waals surface area (Å²) in [5.74, 6) is 0.743. The second-order valence-corrected chi connectivity index (χ2v) is 8.68. The van der Waals surface area contributed by atoms with Crippen LogP contribution in [0, 0.1) is 0 Å². The maximum atomic E-state index is 13.6. The topological polar surface area (TPSA) is 49.9 Å². The van der Waals surface area contributed by atoms with E-state index in [4.69, 9.17) is 27.9 Å². The third-order valence-electron chi connectivity index (χ3n) is 5.08. The van der Waals surface area contributed by atoms with E-state index in [0.29, 0.717) is 40.1 Å². The predicted molar refractivity (Wildman–Crippen MR) is 126 cm³/mol. The summed E-state index contributed by atoms with van der Waals surface area (Å²) >= 11 is 16.5. The number of urea groups is 1. The summed E-state index contributed by atoms with van der Waals surface area (Å²) in [5.41, 5.74) is 3.20. The molecule has 0 saturated heterocycles. The van der Waals surface area contributed by atoms with Crippen LogP contribution in [-0.2, 0) is 13.1 Å². The zero-order valence-electron chi connectivity index (χ0n) is 16.4. The number of halogens is 3. The van der Waals surface area contributed by atoms with Crippen LogP contribution >= 0.6 is 39.1 Å². The van der Waals surface area contributed by atoms with Gasteiger partial charge in [-0.2, -0.15) is 0 Å². The van der Waals surface area contributed by atoms with Crippen LogP contribution in [0.5, 0.6) is 5.75 Å². The molecule has 0 spiro atoms. The van der Waals surface area contributed by atoms with E-state index in [2.05, 4.69) is 15.9 Å². The normalized spacial score (nSPS) is 13.2. The standard InChI is InChI=1S/C23H17BrCl2N2O3/c1-31-16-7-5-14(6-8-16)11-27-12-17-18(24)9-15(13-29)10-21(17)28(23(27)30)22-19(25)3-2-4-20(22)26/h2-10,13H,11-12H2,1H3. The molecule has 1 aliphatic heterocycles. The lowest BCUT2D eigenvalue weighted by molar-refractivity contribution is 0.112. The van der Waals surface area contributed by atoms with Gasteiger partial charge in [0.25, 0.3) is 0 Å². The minimum Gasteiger partial charge on any atom is -0.497 e. The average Bonchev–Trinajstić information content (AvgIpc) is 2.76. The molecule has 0 unspecified atom stereocenters. The third kappa shape index (κ3) is 4.15. The Hall–Kier alpha value is -2.54. The van der Waals surface area contributed by atoms with Crippen LogP contribution in [0.2, 0.25) is 10.0 Å². The van der Waals surface area contributed by atoms with E-state index in [1.54, 1.807) is 42.3 Å². The molecule has 0 aromatic heterocycles. The summed E-state index contributed by atoms with van der Waals surface area (Å²) in [6, 6.07) is 15.7. The smallest absolute Gasteiger partial charge is 0.329 e. The van der Waals surface area contributed by atoms with Crippen LogP contribution < -0.4 is 9.64 Å². The molecule has 2 amide bonds. The quantitative estimate of drug-likeness (QED) is 0.346. The number of aldehydes is 1. The molecule has 8 heteroatoms. The van der Waals surface area contributed by atoms with Gasteiger partial charge in [0.2, 0.25) is 0 Å². The van der Waals surface area contributed by atoms with E-state index >= 15 is 0 Å². The van der Waals surface area contributed by atoms with Crippen LogP contribution in [0.3, 0.4) is 0 Å². The minimum absolute atomic E-state index is 0.284. The predicted octanol–water partition coefficient (Wildman–Crippen LogP) is 6.85. The van der Waals surface area contributed by atoms with Gasteiger partial charge in [-0.05, 0) is 42.0 Å². The molecule has 3 aromatic rings. The summed E-state index contributed by atoms with van der Waals surface area (Å²) < 4.78 is 5.94. The highest BCUT2D eigenvalue weighted by Crippen LogP contribution is 2.44. The largest absolute Gasteiger partial charge is 0.497 e. The van der Waals surface area contributed by atoms with Gasteiger partial charge in [0, 0.05) is 22.1 Å². The third-order valence-corrected chi connectivity index (χ3v) is 6.39. The maximum Gasteiger partial charge on any atom is 0.329 e. The number of benzene rings is 3. The number of anilines is 2. The molecule has 5 nitrogen and oxygen atoms in total. The van der Waals surface area contributed by atoms with E-state index < -0.39 is 0 Å². The highest BCUT2D eigenvalue weighted by molar-refractivity contribution is 9.10. The first kappa shape index (κ1) is 21.7. The van der Waals surface area contributed by atoms with Crippen molar-refractivity contribution in [2.75, 3.05) is 12.0 Å². The summed E-state index contributed by atoms with van der Waals surface area (Å²) in [6.45, 7) is 0.737. The summed E-state index contributed by atoms with van der Waals surface area (Å²) in [6.07, 6.45) is 0.742. The molecule has 0 N–H and O–H groups in total. The number of para-hydroxylation sites is 1. The fourth-order valence-electron chi connectivity index (χ4n) is 3.56. The Morgan fingerprint density at radius 2 is 1.77 bits per heavy atom. The number of ether oxygens (including phenoxy) is 1. The summed E-state index contributed by atoms with van der Waals surface area (Å²) in [4.78, 5) is 28.3. The highest BCUT2D eigenvalue weighted by atomic mass is 79.9. The van der Waals surface area contributed by atoms with Gasteiger partial charge in [0.15, 0.2) is 0 Å². The van der Waals surface area contributed by atoms with Crippen LogP contribution in [0.4, 0.5) is 16.2 Å². The van der Waals surface area contributed by atoms with Crippen molar-refractivity contribution in [2.45, 2.75) is 13.1 Å². The number of carbonyl (C=O) groups excluding carboxylic acids is 2. The Kier molecular flexibility index (Phi) is 6.23. The van der Waals surface area contributed by atoms with Crippen LogP contribution in [0.1, 0.15) is 21.5 Å². The van der Waals surface area contributed by atoms with Crippen molar-refractivity contribution in [2.24, 2.45) is 0 Å². The van der Waals surface area contributed by atoms with Gasteiger partial charge >= 0.3 is 6.03 Å². The van der Waals surface area contributed by atoms with Crippen LogP contribution in [-0.4, -0.2) is 24.3 Å². The van der Waals surface area contributed by atoms with E-state index in [0.717, 1.165) is 27.6 Å². The molecule has 0 bridgehead atoms. The molecule has 31 heavy (non-hydrogen) atoms. The Labute approximate surface area is 198 Å². The Morgan fingerprint density at radius 1 is 1.10 bits per heavy atom. The zero-order valence-corrected chi connectivity index (χ0v) is 19.5. The summed E-state index contributed by atoms with van der Waals surface area (Å²) in [5, 5.41) is 0.677. The average molecular weight is 520 g/mol. The van der Waals surface area contributed by atoms with Crippen LogP contribution in [0.15, 0.2) is 59.1 Å². The Bertz CT molecular complexity index is 1150. The lowest BCUT2D eigenvalue weighted by atomic mass is 10.0. The van der Waals surface area contributed by atoms with Gasteiger partial charge in [0.05, 0.1) is 35.1 Å². The van der Waals surface area contributed by atoms with E-state index in [9.17, 15) is 9.59 Å². The number of amides is 2. The second kappa shape index (κ2) is 8.91. The number of carbonyl (C=O) groups is 2. The first-order valence-corrected chi connectivity index (χ1v) is 10.9. The molecule has 0 atom stereocenters. The van der Waals surface area contributed by atoms with E-state index in [1.165, 1.54) is 4.90 Å². The van der Waals surface area contributed by atoms with Crippen LogP contribution in [0.25, 0.3) is 0 Å². The van der Waals surface area contributed by atoms with Crippen molar-refractivity contribution in [1.82, 2.24) is 4.90 Å². The minimum atomic E-state index is -0.284. The molecule has 1 heterocycles. The molecule has 158 valence electrons. The van der Waals surface area contributed by atoms with Crippen molar-refractivity contribution >= 4 is 62.8 Å². The van der Waals surface area contributed by atoms with Gasteiger partial charge < -0.3 is 9.64 Å². The molecule has 4 rings (SSSR count). The molecular formula is C23H17BrCl2N2O3. The lowest BCUT2D eigenvalue weighted by Crippen LogP contribution is -2.44. The van der Waals surface area contributed by atoms with Gasteiger partial charge in [0.1, 0.15) is 12.0 Å². The molecule has 0 aliphatic carbocycles. The number of rotatable bonds is 5. The molecule has 0 fully saturated rings. The monoisotopic (exact) mass is 518 g/mol.